The van der Waals surface area contributed by atoms with Crippen LogP contribution in [-0.4, -0.2) is 42.4 Å². The van der Waals surface area contributed by atoms with E-state index in [4.69, 9.17) is 4.98 Å². The van der Waals surface area contributed by atoms with Crippen molar-refractivity contribution in [2.24, 2.45) is 0 Å². The number of benzene rings is 2. The van der Waals surface area contributed by atoms with Gasteiger partial charge in [-0.05, 0) is 55.4 Å². The number of aryl methyl sites for hydroxylation is 1. The van der Waals surface area contributed by atoms with E-state index in [0.717, 1.165) is 61.0 Å². The van der Waals surface area contributed by atoms with E-state index in [2.05, 4.69) is 14.8 Å². The summed E-state index contributed by atoms with van der Waals surface area (Å²) in [4.78, 5) is 42.5. The first-order valence-corrected chi connectivity index (χ1v) is 14.1. The molecule has 0 saturated heterocycles. The monoisotopic (exact) mass is 536 g/mol. The molecule has 2 aromatic heterocycles. The van der Waals surface area contributed by atoms with Crippen LogP contribution < -0.4 is 0 Å². The van der Waals surface area contributed by atoms with E-state index >= 15 is 0 Å². The lowest BCUT2D eigenvalue weighted by molar-refractivity contribution is -0.122. The van der Waals surface area contributed by atoms with Gasteiger partial charge in [0.15, 0.2) is 0 Å². The summed E-state index contributed by atoms with van der Waals surface area (Å²) in [5.41, 5.74) is 5.55. The number of carboxylic acid groups (broad SMARTS) is 1. The second-order valence-corrected chi connectivity index (χ2v) is 11.0. The van der Waals surface area contributed by atoms with Crippen molar-refractivity contribution < 1.29 is 19.5 Å². The molecule has 0 amide bonds. The minimum atomic E-state index is -0.960. The Morgan fingerprint density at radius 3 is 2.15 bits per heavy atom. The molecule has 8 nitrogen and oxygen atoms in total. The van der Waals surface area contributed by atoms with Gasteiger partial charge < -0.3 is 9.67 Å². The third-order valence-corrected chi connectivity index (χ3v) is 8.44. The van der Waals surface area contributed by atoms with E-state index in [9.17, 15) is 19.5 Å². The first-order chi connectivity index (χ1) is 19.4. The van der Waals surface area contributed by atoms with Crippen LogP contribution in [0.15, 0.2) is 48.5 Å². The molecule has 2 heterocycles. The van der Waals surface area contributed by atoms with Crippen LogP contribution in [-0.2, 0) is 16.1 Å². The molecular formula is C32H32N4O4. The summed E-state index contributed by atoms with van der Waals surface area (Å²) in [5.74, 6) is -0.429. The molecule has 8 heteroatoms. The lowest BCUT2D eigenvalue weighted by Crippen LogP contribution is -2.23. The van der Waals surface area contributed by atoms with Gasteiger partial charge in [-0.1, -0.05) is 55.3 Å². The Labute approximate surface area is 232 Å². The average molecular weight is 537 g/mol. The third kappa shape index (κ3) is 4.72. The molecule has 0 bridgehead atoms. The zero-order chi connectivity index (χ0) is 27.8. The number of Topliss-reactive ketones (excluding diaryl/α,β-unsaturated/α-hetero) is 2. The van der Waals surface area contributed by atoms with Crippen LogP contribution in [0.3, 0.4) is 0 Å². The van der Waals surface area contributed by atoms with Crippen molar-refractivity contribution in [1.29, 1.82) is 0 Å². The molecule has 2 unspecified atom stereocenters. The van der Waals surface area contributed by atoms with Gasteiger partial charge in [0, 0.05) is 19.4 Å². The summed E-state index contributed by atoms with van der Waals surface area (Å²) in [5, 5.41) is 18.8. The van der Waals surface area contributed by atoms with Crippen molar-refractivity contribution in [2.75, 3.05) is 0 Å². The van der Waals surface area contributed by atoms with Crippen molar-refractivity contribution in [2.45, 2.75) is 76.7 Å². The number of aromatic carboxylic acids is 1. The fourth-order valence-corrected chi connectivity index (χ4v) is 6.31. The SMILES string of the molecule is Cc1nc2c(C3CCCCC3=O)nnc(C3CCCCC3=O)c2n1Cc1ccc(-c2ccccc2C(=O)O)cc1. The van der Waals surface area contributed by atoms with Crippen molar-refractivity contribution in [3.8, 4) is 11.1 Å². The molecule has 2 aliphatic rings. The van der Waals surface area contributed by atoms with Gasteiger partial charge in [0.25, 0.3) is 0 Å². The summed E-state index contributed by atoms with van der Waals surface area (Å²) in [6.07, 6.45) is 6.32. The number of hydrogen-bond acceptors (Lipinski definition) is 6. The Hall–Kier alpha value is -4.20. The largest absolute Gasteiger partial charge is 0.478 e. The Kier molecular flexibility index (Phi) is 7.00. The van der Waals surface area contributed by atoms with Crippen LogP contribution in [0.5, 0.6) is 0 Å². The highest BCUT2D eigenvalue weighted by molar-refractivity contribution is 5.96. The molecular weight excluding hydrogens is 504 g/mol. The van der Waals surface area contributed by atoms with Crippen LogP contribution in [0.2, 0.25) is 0 Å². The van der Waals surface area contributed by atoms with Crippen molar-refractivity contribution in [3.63, 3.8) is 0 Å². The lowest BCUT2D eigenvalue weighted by Gasteiger charge is -2.23. The van der Waals surface area contributed by atoms with E-state index < -0.39 is 5.97 Å². The standard InChI is InChI=1S/C32H32N4O4/c1-19-33-30-28(24-10-4-6-12-26(24)37)34-35-29(25-11-5-7-13-27(25)38)31(30)36(19)18-20-14-16-21(17-15-20)22-8-2-3-9-23(22)32(39)40/h2-3,8-9,14-17,24-25H,4-7,10-13,18H2,1H3,(H,39,40). The molecule has 4 aromatic rings. The summed E-state index contributed by atoms with van der Waals surface area (Å²) in [6, 6.07) is 14.8. The Morgan fingerprint density at radius 2 is 1.50 bits per heavy atom. The van der Waals surface area contributed by atoms with Crippen molar-refractivity contribution >= 4 is 28.6 Å². The second-order valence-electron chi connectivity index (χ2n) is 11.0. The summed E-state index contributed by atoms with van der Waals surface area (Å²) >= 11 is 0. The maximum atomic E-state index is 13.0. The zero-order valence-electron chi connectivity index (χ0n) is 22.6. The van der Waals surface area contributed by atoms with Gasteiger partial charge in [-0.3, -0.25) is 9.59 Å². The molecule has 2 fully saturated rings. The van der Waals surface area contributed by atoms with E-state index in [1.165, 1.54) is 0 Å². The maximum absolute atomic E-state index is 13.0. The smallest absolute Gasteiger partial charge is 0.336 e. The summed E-state index contributed by atoms with van der Waals surface area (Å²) in [7, 11) is 0. The predicted octanol–water partition coefficient (Wildman–Crippen LogP) is 6.00. The maximum Gasteiger partial charge on any atom is 0.336 e. The predicted molar refractivity (Wildman–Crippen MR) is 150 cm³/mol. The molecule has 1 N–H and O–H groups in total. The third-order valence-electron chi connectivity index (χ3n) is 8.44. The fraction of sp³-hybridized carbons (Fsp3) is 0.375. The van der Waals surface area contributed by atoms with Gasteiger partial charge in [-0.15, -0.1) is 0 Å². The number of ketones is 2. The highest BCUT2D eigenvalue weighted by atomic mass is 16.4. The van der Waals surface area contributed by atoms with Gasteiger partial charge in [-0.2, -0.15) is 10.2 Å². The topological polar surface area (TPSA) is 115 Å². The number of fused-ring (bicyclic) bond motifs is 1. The number of carboxylic acids is 1. The van der Waals surface area contributed by atoms with Gasteiger partial charge >= 0.3 is 5.97 Å². The van der Waals surface area contributed by atoms with Crippen molar-refractivity contribution in [1.82, 2.24) is 19.7 Å². The molecule has 2 aliphatic carbocycles. The van der Waals surface area contributed by atoms with Gasteiger partial charge in [0.05, 0.1) is 28.6 Å². The molecule has 0 aliphatic heterocycles. The molecule has 2 saturated carbocycles. The Bertz CT molecular complexity index is 1620. The number of imidazole rings is 1. The molecule has 6 rings (SSSR count). The molecule has 2 aromatic carbocycles. The second kappa shape index (κ2) is 10.8. The molecule has 2 atom stereocenters. The Morgan fingerprint density at radius 1 is 0.875 bits per heavy atom. The fourth-order valence-electron chi connectivity index (χ4n) is 6.31. The molecule has 40 heavy (non-hydrogen) atoms. The van der Waals surface area contributed by atoms with Gasteiger partial charge in [0.1, 0.15) is 28.6 Å². The number of aromatic nitrogens is 4. The minimum Gasteiger partial charge on any atom is -0.478 e. The van der Waals surface area contributed by atoms with Gasteiger partial charge in [-0.25, -0.2) is 9.78 Å². The van der Waals surface area contributed by atoms with Crippen LogP contribution >= 0.6 is 0 Å². The van der Waals surface area contributed by atoms with E-state index in [-0.39, 0.29) is 29.0 Å². The highest BCUT2D eigenvalue weighted by Crippen LogP contribution is 2.38. The Balaban J connectivity index is 1.43. The first kappa shape index (κ1) is 26.0. The molecule has 0 spiro atoms. The van der Waals surface area contributed by atoms with Crippen LogP contribution in [0.4, 0.5) is 0 Å². The quantitative estimate of drug-likeness (QED) is 0.321. The lowest BCUT2D eigenvalue weighted by atomic mass is 9.83. The number of carbonyl (C=O) groups excluding carboxylic acids is 2. The van der Waals surface area contributed by atoms with Crippen LogP contribution in [0.1, 0.15) is 96.3 Å². The number of rotatable bonds is 6. The van der Waals surface area contributed by atoms with Crippen molar-refractivity contribution in [3.05, 3.63) is 76.9 Å². The molecule has 0 radical (unpaired) electrons. The van der Waals surface area contributed by atoms with E-state index in [1.54, 1.807) is 12.1 Å². The minimum absolute atomic E-state index is 0.188. The van der Waals surface area contributed by atoms with E-state index in [0.29, 0.717) is 41.9 Å². The van der Waals surface area contributed by atoms with Crippen LogP contribution in [0, 0.1) is 6.92 Å². The number of carbonyl (C=O) groups is 3. The summed E-state index contributed by atoms with van der Waals surface area (Å²) in [6.45, 7) is 2.44. The van der Waals surface area contributed by atoms with Crippen LogP contribution in [0.25, 0.3) is 22.2 Å². The zero-order valence-corrected chi connectivity index (χ0v) is 22.6. The molecule has 204 valence electrons. The highest BCUT2D eigenvalue weighted by Gasteiger charge is 2.34. The number of hydrogen-bond donors (Lipinski definition) is 1. The summed E-state index contributed by atoms with van der Waals surface area (Å²) < 4.78 is 2.10. The normalized spacial score (nSPS) is 19.7. The average Bonchev–Trinajstić information content (AvgIpc) is 3.29. The number of nitrogens with zero attached hydrogens (tertiary/aromatic N) is 4. The first-order valence-electron chi connectivity index (χ1n) is 14.1. The van der Waals surface area contributed by atoms with Gasteiger partial charge in [0.2, 0.25) is 0 Å². The van der Waals surface area contributed by atoms with E-state index in [1.807, 2.05) is 43.3 Å².